The van der Waals surface area contributed by atoms with E-state index in [0.717, 1.165) is 30.0 Å². The van der Waals surface area contributed by atoms with E-state index in [1.54, 1.807) is 12.1 Å². The quantitative estimate of drug-likeness (QED) is 0.530. The number of carbonyl (C=O) groups is 1. The third-order valence-corrected chi connectivity index (χ3v) is 5.22. The Kier molecular flexibility index (Phi) is 6.50. The standard InChI is InChI=1S/C25H28O5/c1-15(2)5-4-6-16(3)7-8-17-11-18(9-10-20(17)27)23-14-22(29)25-21(28)12-19(26)13-24(25)30-23/h5,7,9-13,23,26-28H,4,6,8,14H2,1-3H3/b16-7-/t23-/m0/s1. The van der Waals surface area contributed by atoms with Gasteiger partial charge < -0.3 is 20.1 Å². The molecule has 1 heterocycles. The minimum Gasteiger partial charge on any atom is -0.508 e. The highest BCUT2D eigenvalue weighted by molar-refractivity contribution is 6.02. The molecular weight excluding hydrogens is 380 g/mol. The Morgan fingerprint density at radius 2 is 1.83 bits per heavy atom. The first-order valence-electron chi connectivity index (χ1n) is 10.1. The van der Waals surface area contributed by atoms with Crippen molar-refractivity contribution < 1.29 is 24.9 Å². The van der Waals surface area contributed by atoms with Gasteiger partial charge in [0.15, 0.2) is 5.78 Å². The largest absolute Gasteiger partial charge is 0.508 e. The number of aromatic hydroxyl groups is 3. The number of phenols is 3. The fraction of sp³-hybridized carbons (Fsp3) is 0.320. The SMILES string of the molecule is CC(C)=CCC/C(C)=C\Cc1cc([C@@H]2CC(=O)c3c(O)cc(O)cc3O2)ccc1O. The summed E-state index contributed by atoms with van der Waals surface area (Å²) in [7, 11) is 0. The summed E-state index contributed by atoms with van der Waals surface area (Å²) < 4.78 is 5.90. The third kappa shape index (κ3) is 5.03. The maximum Gasteiger partial charge on any atom is 0.174 e. The van der Waals surface area contributed by atoms with E-state index in [9.17, 15) is 20.1 Å². The van der Waals surface area contributed by atoms with E-state index in [1.807, 2.05) is 6.07 Å². The van der Waals surface area contributed by atoms with Gasteiger partial charge in [-0.1, -0.05) is 29.4 Å². The number of fused-ring (bicyclic) bond motifs is 1. The fourth-order valence-electron chi connectivity index (χ4n) is 3.56. The van der Waals surface area contributed by atoms with E-state index >= 15 is 0 Å². The summed E-state index contributed by atoms with van der Waals surface area (Å²) in [5, 5.41) is 29.9. The molecule has 1 atom stereocenters. The Morgan fingerprint density at radius 1 is 1.07 bits per heavy atom. The summed E-state index contributed by atoms with van der Waals surface area (Å²) in [5.41, 5.74) is 4.17. The lowest BCUT2D eigenvalue weighted by Gasteiger charge is -2.26. The maximum atomic E-state index is 12.5. The molecule has 0 unspecified atom stereocenters. The van der Waals surface area contributed by atoms with Gasteiger partial charge >= 0.3 is 0 Å². The van der Waals surface area contributed by atoms with Crippen molar-refractivity contribution in [1.29, 1.82) is 0 Å². The minimum absolute atomic E-state index is 0.0765. The molecule has 0 bridgehead atoms. The van der Waals surface area contributed by atoms with E-state index in [0.29, 0.717) is 6.42 Å². The van der Waals surface area contributed by atoms with Gasteiger partial charge in [0.1, 0.15) is 34.7 Å². The maximum absolute atomic E-state index is 12.5. The molecule has 30 heavy (non-hydrogen) atoms. The van der Waals surface area contributed by atoms with Gasteiger partial charge in [0.05, 0.1) is 6.42 Å². The molecule has 0 saturated heterocycles. The number of hydrogen-bond acceptors (Lipinski definition) is 5. The second-order valence-electron chi connectivity index (χ2n) is 8.03. The second kappa shape index (κ2) is 9.08. The van der Waals surface area contributed by atoms with Crippen molar-refractivity contribution in [3.8, 4) is 23.0 Å². The molecule has 0 saturated carbocycles. The second-order valence-corrected chi connectivity index (χ2v) is 8.03. The summed E-state index contributed by atoms with van der Waals surface area (Å²) in [6, 6.07) is 7.65. The number of rotatable bonds is 6. The molecule has 3 rings (SSSR count). The van der Waals surface area contributed by atoms with Crippen molar-refractivity contribution >= 4 is 5.78 Å². The summed E-state index contributed by atoms with van der Waals surface area (Å²) in [6.07, 6.45) is 6.39. The molecule has 2 aromatic rings. The van der Waals surface area contributed by atoms with Gasteiger partial charge in [0, 0.05) is 12.1 Å². The predicted octanol–water partition coefficient (Wildman–Crippen LogP) is 5.75. The fourth-order valence-corrected chi connectivity index (χ4v) is 3.56. The van der Waals surface area contributed by atoms with Crippen LogP contribution in [0.5, 0.6) is 23.0 Å². The predicted molar refractivity (Wildman–Crippen MR) is 116 cm³/mol. The van der Waals surface area contributed by atoms with Crippen molar-refractivity contribution in [3.05, 3.63) is 70.3 Å². The number of ether oxygens (including phenoxy) is 1. The van der Waals surface area contributed by atoms with Crippen molar-refractivity contribution in [1.82, 2.24) is 0 Å². The average Bonchev–Trinajstić information content (AvgIpc) is 2.66. The first-order valence-corrected chi connectivity index (χ1v) is 10.1. The van der Waals surface area contributed by atoms with Gasteiger partial charge in [-0.2, -0.15) is 0 Å². The number of carbonyl (C=O) groups excluding carboxylic acids is 1. The monoisotopic (exact) mass is 408 g/mol. The molecule has 0 aromatic heterocycles. The smallest absolute Gasteiger partial charge is 0.174 e. The summed E-state index contributed by atoms with van der Waals surface area (Å²) >= 11 is 0. The Balaban J connectivity index is 1.78. The molecule has 5 nitrogen and oxygen atoms in total. The number of phenolic OH excluding ortho intramolecular Hbond substituents is 3. The number of Topliss-reactive ketones (excluding diaryl/α,β-unsaturated/α-hetero) is 1. The minimum atomic E-state index is -0.548. The summed E-state index contributed by atoms with van der Waals surface area (Å²) in [4.78, 5) is 12.5. The zero-order valence-corrected chi connectivity index (χ0v) is 17.6. The van der Waals surface area contributed by atoms with E-state index in [-0.39, 0.29) is 40.8 Å². The molecule has 158 valence electrons. The van der Waals surface area contributed by atoms with Crippen LogP contribution in [0.3, 0.4) is 0 Å². The molecule has 0 fully saturated rings. The first-order chi connectivity index (χ1) is 14.2. The van der Waals surface area contributed by atoms with Gasteiger partial charge in [-0.3, -0.25) is 4.79 Å². The molecule has 1 aliphatic rings. The van der Waals surface area contributed by atoms with Crippen LogP contribution in [-0.4, -0.2) is 21.1 Å². The Bertz CT molecular complexity index is 1010. The van der Waals surface area contributed by atoms with Gasteiger partial charge in [-0.25, -0.2) is 0 Å². The lowest BCUT2D eigenvalue weighted by molar-refractivity contribution is 0.0845. The average molecular weight is 408 g/mol. The molecule has 0 amide bonds. The highest BCUT2D eigenvalue weighted by atomic mass is 16.5. The van der Waals surface area contributed by atoms with Crippen LogP contribution < -0.4 is 4.74 Å². The number of allylic oxidation sites excluding steroid dienone is 4. The topological polar surface area (TPSA) is 87.0 Å². The highest BCUT2D eigenvalue weighted by Crippen LogP contribution is 2.42. The van der Waals surface area contributed by atoms with E-state index < -0.39 is 6.10 Å². The molecule has 2 aromatic carbocycles. The van der Waals surface area contributed by atoms with Crippen LogP contribution in [0.15, 0.2) is 53.6 Å². The van der Waals surface area contributed by atoms with E-state index in [4.69, 9.17) is 4.74 Å². The van der Waals surface area contributed by atoms with Crippen LogP contribution in [0.25, 0.3) is 0 Å². The van der Waals surface area contributed by atoms with Crippen LogP contribution in [-0.2, 0) is 6.42 Å². The van der Waals surface area contributed by atoms with Crippen molar-refractivity contribution in [2.24, 2.45) is 0 Å². The van der Waals surface area contributed by atoms with Gasteiger partial charge in [-0.15, -0.1) is 0 Å². The first kappa shape index (κ1) is 21.5. The third-order valence-electron chi connectivity index (χ3n) is 5.22. The zero-order valence-electron chi connectivity index (χ0n) is 17.6. The van der Waals surface area contributed by atoms with Crippen molar-refractivity contribution in [2.75, 3.05) is 0 Å². The molecule has 0 aliphatic carbocycles. The van der Waals surface area contributed by atoms with E-state index in [2.05, 4.69) is 32.9 Å². The molecule has 0 radical (unpaired) electrons. The normalized spacial score (nSPS) is 16.0. The van der Waals surface area contributed by atoms with Crippen LogP contribution in [0.1, 0.15) is 67.6 Å². The lowest BCUT2D eigenvalue weighted by Crippen LogP contribution is -2.20. The van der Waals surface area contributed by atoms with Crippen molar-refractivity contribution in [2.45, 2.75) is 52.6 Å². The zero-order chi connectivity index (χ0) is 21.8. The van der Waals surface area contributed by atoms with Gasteiger partial charge in [0.25, 0.3) is 0 Å². The van der Waals surface area contributed by atoms with Crippen LogP contribution in [0.2, 0.25) is 0 Å². The molecular formula is C25H28O5. The van der Waals surface area contributed by atoms with Crippen LogP contribution in [0.4, 0.5) is 0 Å². The molecule has 0 spiro atoms. The number of hydrogen-bond donors (Lipinski definition) is 3. The number of benzene rings is 2. The molecule has 3 N–H and O–H groups in total. The molecule has 5 heteroatoms. The van der Waals surface area contributed by atoms with Crippen LogP contribution in [0, 0.1) is 0 Å². The Morgan fingerprint density at radius 3 is 2.57 bits per heavy atom. The lowest BCUT2D eigenvalue weighted by atomic mass is 9.94. The number of ketones is 1. The summed E-state index contributed by atoms with van der Waals surface area (Å²) in [5.74, 6) is -0.333. The van der Waals surface area contributed by atoms with Gasteiger partial charge in [0.2, 0.25) is 0 Å². The Hall–Kier alpha value is -3.21. The molecule has 1 aliphatic heterocycles. The van der Waals surface area contributed by atoms with Crippen molar-refractivity contribution in [3.63, 3.8) is 0 Å². The van der Waals surface area contributed by atoms with Crippen LogP contribution >= 0.6 is 0 Å². The highest BCUT2D eigenvalue weighted by Gasteiger charge is 2.31. The van der Waals surface area contributed by atoms with Gasteiger partial charge in [-0.05, 0) is 63.3 Å². The summed E-state index contributed by atoms with van der Waals surface area (Å²) in [6.45, 7) is 6.25. The Labute approximate surface area is 177 Å². The van der Waals surface area contributed by atoms with E-state index in [1.165, 1.54) is 17.2 Å².